The second-order valence-corrected chi connectivity index (χ2v) is 7.71. The van der Waals surface area contributed by atoms with Crippen LogP contribution >= 0.6 is 11.6 Å². The first kappa shape index (κ1) is 19.4. The highest BCUT2D eigenvalue weighted by molar-refractivity contribution is 6.31. The van der Waals surface area contributed by atoms with Crippen molar-refractivity contribution in [3.8, 4) is 0 Å². The lowest BCUT2D eigenvalue weighted by atomic mass is 10.2. The average molecular weight is 406 g/mol. The fourth-order valence-electron chi connectivity index (χ4n) is 3.82. The van der Waals surface area contributed by atoms with Crippen LogP contribution in [0.1, 0.15) is 12.0 Å². The summed E-state index contributed by atoms with van der Waals surface area (Å²) in [5, 5.41) is 0.489. The molecule has 2 fully saturated rings. The third-order valence-electron chi connectivity index (χ3n) is 5.52. The van der Waals surface area contributed by atoms with Crippen molar-refractivity contribution in [2.75, 3.05) is 56.2 Å². The fourth-order valence-corrected chi connectivity index (χ4v) is 4.04. The SMILES string of the molecule is CN(c1ccnc(N2CCOCC2)n1)C1CCN(Cc2c(F)cccc2Cl)C1. The first-order valence-corrected chi connectivity index (χ1v) is 10.0. The van der Waals surface area contributed by atoms with Gasteiger partial charge in [-0.25, -0.2) is 9.37 Å². The summed E-state index contributed by atoms with van der Waals surface area (Å²) >= 11 is 6.19. The minimum Gasteiger partial charge on any atom is -0.378 e. The summed E-state index contributed by atoms with van der Waals surface area (Å²) in [4.78, 5) is 15.8. The standard InChI is InChI=1S/C20H25ClFN5O/c1-25(19-5-7-23-20(24-19)27-9-11-28-12-10-27)15-6-8-26(13-15)14-16-17(21)3-2-4-18(16)22/h2-5,7,15H,6,8-14H2,1H3. The van der Waals surface area contributed by atoms with Crippen LogP contribution in [0.2, 0.25) is 5.02 Å². The summed E-state index contributed by atoms with van der Waals surface area (Å²) in [6.07, 6.45) is 2.81. The molecule has 0 radical (unpaired) electrons. The van der Waals surface area contributed by atoms with Gasteiger partial charge in [-0.15, -0.1) is 0 Å². The highest BCUT2D eigenvalue weighted by Crippen LogP contribution is 2.26. The number of hydrogen-bond donors (Lipinski definition) is 0. The van der Waals surface area contributed by atoms with Gasteiger partial charge in [-0.3, -0.25) is 4.90 Å². The summed E-state index contributed by atoms with van der Waals surface area (Å²) in [6.45, 7) is 5.32. The minimum absolute atomic E-state index is 0.241. The van der Waals surface area contributed by atoms with E-state index in [2.05, 4.69) is 26.7 Å². The molecule has 2 aliphatic rings. The van der Waals surface area contributed by atoms with E-state index >= 15 is 0 Å². The number of anilines is 2. The van der Waals surface area contributed by atoms with Crippen molar-refractivity contribution in [1.82, 2.24) is 14.9 Å². The maximum Gasteiger partial charge on any atom is 0.227 e. The molecule has 1 aromatic carbocycles. The highest BCUT2D eigenvalue weighted by Gasteiger charge is 2.28. The van der Waals surface area contributed by atoms with E-state index in [1.54, 1.807) is 12.1 Å². The molecule has 0 N–H and O–H groups in total. The van der Waals surface area contributed by atoms with Crippen LogP contribution in [-0.4, -0.2) is 67.4 Å². The van der Waals surface area contributed by atoms with Crippen molar-refractivity contribution in [3.63, 3.8) is 0 Å². The molecule has 2 aromatic rings. The van der Waals surface area contributed by atoms with Gasteiger partial charge in [-0.1, -0.05) is 17.7 Å². The molecule has 6 nitrogen and oxygen atoms in total. The monoisotopic (exact) mass is 405 g/mol. The first-order valence-electron chi connectivity index (χ1n) is 9.65. The van der Waals surface area contributed by atoms with Crippen molar-refractivity contribution in [1.29, 1.82) is 0 Å². The zero-order chi connectivity index (χ0) is 19.5. The van der Waals surface area contributed by atoms with E-state index in [1.807, 2.05) is 12.3 Å². The lowest BCUT2D eigenvalue weighted by molar-refractivity contribution is 0.122. The molecule has 0 aliphatic carbocycles. The van der Waals surface area contributed by atoms with Crippen molar-refractivity contribution in [2.24, 2.45) is 0 Å². The van der Waals surface area contributed by atoms with Gasteiger partial charge < -0.3 is 14.5 Å². The predicted molar refractivity (Wildman–Crippen MR) is 109 cm³/mol. The third kappa shape index (κ3) is 4.21. The van der Waals surface area contributed by atoms with E-state index in [9.17, 15) is 4.39 Å². The number of ether oxygens (including phenoxy) is 1. The second kappa shape index (κ2) is 8.59. The molecule has 4 rings (SSSR count). The van der Waals surface area contributed by atoms with Gasteiger partial charge in [0.25, 0.3) is 0 Å². The largest absolute Gasteiger partial charge is 0.378 e. The number of halogens is 2. The topological polar surface area (TPSA) is 44.7 Å². The van der Waals surface area contributed by atoms with Gasteiger partial charge in [-0.05, 0) is 24.6 Å². The normalized spacial score (nSPS) is 20.5. The Bertz CT molecular complexity index is 797. The Hall–Kier alpha value is -1.96. The summed E-state index contributed by atoms with van der Waals surface area (Å²) in [5.41, 5.74) is 0.573. The Balaban J connectivity index is 1.41. The number of hydrogen-bond acceptors (Lipinski definition) is 6. The Morgan fingerprint density at radius 2 is 2.07 bits per heavy atom. The molecule has 0 saturated carbocycles. The van der Waals surface area contributed by atoms with E-state index in [4.69, 9.17) is 21.3 Å². The summed E-state index contributed by atoms with van der Waals surface area (Å²) in [5.74, 6) is 1.42. The van der Waals surface area contributed by atoms with E-state index in [-0.39, 0.29) is 5.82 Å². The molecule has 1 aromatic heterocycles. The quantitative estimate of drug-likeness (QED) is 0.762. The van der Waals surface area contributed by atoms with E-state index in [1.165, 1.54) is 6.07 Å². The Kier molecular flexibility index (Phi) is 5.94. The molecule has 0 amide bonds. The van der Waals surface area contributed by atoms with Gasteiger partial charge in [0.2, 0.25) is 5.95 Å². The van der Waals surface area contributed by atoms with Crippen LogP contribution in [0.3, 0.4) is 0 Å². The lowest BCUT2D eigenvalue weighted by Crippen LogP contribution is -2.38. The van der Waals surface area contributed by atoms with Crippen LogP contribution in [0.15, 0.2) is 30.5 Å². The van der Waals surface area contributed by atoms with Gasteiger partial charge >= 0.3 is 0 Å². The number of nitrogens with zero attached hydrogens (tertiary/aromatic N) is 5. The van der Waals surface area contributed by atoms with Crippen molar-refractivity contribution in [2.45, 2.75) is 19.0 Å². The van der Waals surface area contributed by atoms with Gasteiger partial charge in [0, 0.05) is 62.6 Å². The van der Waals surface area contributed by atoms with E-state index < -0.39 is 0 Å². The van der Waals surface area contributed by atoms with Crippen molar-refractivity contribution >= 4 is 23.4 Å². The van der Waals surface area contributed by atoms with Crippen LogP contribution in [0, 0.1) is 5.82 Å². The van der Waals surface area contributed by atoms with Crippen LogP contribution in [0.5, 0.6) is 0 Å². The molecule has 150 valence electrons. The minimum atomic E-state index is -0.241. The second-order valence-electron chi connectivity index (χ2n) is 7.30. The van der Waals surface area contributed by atoms with Gasteiger partial charge in [0.1, 0.15) is 11.6 Å². The molecule has 28 heavy (non-hydrogen) atoms. The maximum atomic E-state index is 14.1. The van der Waals surface area contributed by atoms with Gasteiger partial charge in [0.05, 0.1) is 13.2 Å². The number of rotatable bonds is 5. The van der Waals surface area contributed by atoms with Crippen molar-refractivity contribution < 1.29 is 9.13 Å². The summed E-state index contributed by atoms with van der Waals surface area (Å²) < 4.78 is 19.5. The number of benzene rings is 1. The molecule has 2 aliphatic heterocycles. The molecule has 8 heteroatoms. The zero-order valence-corrected chi connectivity index (χ0v) is 16.8. The molecule has 2 saturated heterocycles. The van der Waals surface area contributed by atoms with Gasteiger partial charge in [-0.2, -0.15) is 4.98 Å². The van der Waals surface area contributed by atoms with Crippen LogP contribution in [-0.2, 0) is 11.3 Å². The first-order chi connectivity index (χ1) is 13.6. The number of likely N-dealkylation sites (N-methyl/N-ethyl adjacent to an activating group) is 1. The van der Waals surface area contributed by atoms with Gasteiger partial charge in [0.15, 0.2) is 0 Å². The molecular weight excluding hydrogens is 381 g/mol. The molecule has 1 atom stereocenters. The third-order valence-corrected chi connectivity index (χ3v) is 5.88. The smallest absolute Gasteiger partial charge is 0.227 e. The fraction of sp³-hybridized carbons (Fsp3) is 0.500. The number of aromatic nitrogens is 2. The molecule has 0 bridgehead atoms. The number of morpholine rings is 1. The Morgan fingerprint density at radius 3 is 2.86 bits per heavy atom. The molecule has 3 heterocycles. The number of likely N-dealkylation sites (tertiary alicyclic amines) is 1. The van der Waals surface area contributed by atoms with Crippen LogP contribution < -0.4 is 9.80 Å². The van der Waals surface area contributed by atoms with Crippen LogP contribution in [0.4, 0.5) is 16.2 Å². The predicted octanol–water partition coefficient (Wildman–Crippen LogP) is 2.82. The summed E-state index contributed by atoms with van der Waals surface area (Å²) in [6, 6.07) is 7.12. The molecule has 1 unspecified atom stereocenters. The lowest BCUT2D eigenvalue weighted by Gasteiger charge is -2.29. The van der Waals surface area contributed by atoms with Crippen LogP contribution in [0.25, 0.3) is 0 Å². The van der Waals surface area contributed by atoms with Crippen molar-refractivity contribution in [3.05, 3.63) is 46.9 Å². The Morgan fingerprint density at radius 1 is 1.25 bits per heavy atom. The average Bonchev–Trinajstić information content (AvgIpc) is 3.20. The van der Waals surface area contributed by atoms with E-state index in [0.717, 1.165) is 44.4 Å². The van der Waals surface area contributed by atoms with E-state index in [0.29, 0.717) is 36.4 Å². The zero-order valence-electron chi connectivity index (χ0n) is 16.0. The summed E-state index contributed by atoms with van der Waals surface area (Å²) in [7, 11) is 2.07. The highest BCUT2D eigenvalue weighted by atomic mass is 35.5. The Labute approximate surface area is 169 Å². The maximum absolute atomic E-state index is 14.1. The molecule has 0 spiro atoms. The molecular formula is C20H25ClFN5O.